The van der Waals surface area contributed by atoms with E-state index in [1.807, 2.05) is 36.4 Å². The van der Waals surface area contributed by atoms with Crippen LogP contribution in [-0.2, 0) is 33.1 Å². The summed E-state index contributed by atoms with van der Waals surface area (Å²) >= 11 is 0. The van der Waals surface area contributed by atoms with Crippen molar-refractivity contribution in [3.8, 4) is 34.5 Å². The molecule has 0 spiro atoms. The average molecular weight is 851 g/mol. The Bertz CT molecular complexity index is 1840. The van der Waals surface area contributed by atoms with Gasteiger partial charge in [0.15, 0.2) is 0 Å². The third kappa shape index (κ3) is 21.1. The number of ether oxygens (including phenoxy) is 2. The molecule has 0 bridgehead atoms. The number of rotatable bonds is 24. The van der Waals surface area contributed by atoms with Crippen molar-refractivity contribution in [2.75, 3.05) is 0 Å². The van der Waals surface area contributed by atoms with E-state index in [0.717, 1.165) is 55.0 Å². The van der Waals surface area contributed by atoms with E-state index in [1.165, 1.54) is 108 Å². The van der Waals surface area contributed by atoms with Crippen LogP contribution in [0.2, 0.25) is 0 Å². The third-order valence-corrected chi connectivity index (χ3v) is 10.9. The molecule has 2 N–H and O–H groups in total. The van der Waals surface area contributed by atoms with Crippen molar-refractivity contribution in [3.63, 3.8) is 0 Å². The monoisotopic (exact) mass is 850 g/mol. The van der Waals surface area contributed by atoms with Crippen molar-refractivity contribution in [1.82, 2.24) is 0 Å². The van der Waals surface area contributed by atoms with Gasteiger partial charge >= 0.3 is 37.7 Å². The van der Waals surface area contributed by atoms with E-state index < -0.39 is 35.8 Å². The van der Waals surface area contributed by atoms with Gasteiger partial charge in [-0.05, 0) is 73.2 Å². The van der Waals surface area contributed by atoms with Crippen molar-refractivity contribution in [3.05, 3.63) is 96.1 Å². The van der Waals surface area contributed by atoms with Crippen molar-refractivity contribution in [1.29, 1.82) is 0 Å². The first-order valence-electron chi connectivity index (χ1n) is 19.9. The normalized spacial score (nSPS) is 11.3. The second-order valence-electron chi connectivity index (χ2n) is 14.2. The number of benzene rings is 4. The van der Waals surface area contributed by atoms with Crippen LogP contribution in [0, 0.1) is 0 Å². The Morgan fingerprint density at radius 3 is 1.39 bits per heavy atom. The summed E-state index contributed by atoms with van der Waals surface area (Å²) in [6, 6.07) is 21.6. The summed E-state index contributed by atoms with van der Waals surface area (Å²) < 4.78 is 76.4. The summed E-state index contributed by atoms with van der Waals surface area (Å²) in [7, 11) is -9.12. The molecule has 0 fully saturated rings. The SMILES string of the molecule is CCCCCCCCCCc1cccc(Oc2cc(O)cc(S(=O)(=O)O)c2)c1.CCCCCCCCCCc1cccc(Oc2cc([O-])cc(S(=O)(=O)[O-])c2)c1.[Ca+2]. The van der Waals surface area contributed by atoms with Crippen molar-refractivity contribution >= 4 is 58.0 Å². The van der Waals surface area contributed by atoms with Gasteiger partial charge in [-0.3, -0.25) is 4.55 Å². The average Bonchev–Trinajstić information content (AvgIpc) is 3.13. The van der Waals surface area contributed by atoms with Crippen LogP contribution in [0.5, 0.6) is 34.5 Å². The topological polar surface area (TPSA) is 173 Å². The quantitative estimate of drug-likeness (QED) is 0.0392. The molecule has 4 aromatic rings. The fourth-order valence-corrected chi connectivity index (χ4v) is 7.30. The molecule has 0 aliphatic rings. The number of aromatic hydroxyl groups is 1. The van der Waals surface area contributed by atoms with Crippen molar-refractivity contribution < 1.29 is 45.6 Å². The second kappa shape index (κ2) is 27.0. The number of phenols is 1. The van der Waals surface area contributed by atoms with Gasteiger partial charge < -0.3 is 24.2 Å². The molecule has 0 heterocycles. The second-order valence-corrected chi connectivity index (χ2v) is 17.0. The smallest absolute Gasteiger partial charge is 0.872 e. The Hall–Kier alpha value is -2.84. The summed E-state index contributed by atoms with van der Waals surface area (Å²) in [6.45, 7) is 4.45. The molecule has 0 unspecified atom stereocenters. The van der Waals surface area contributed by atoms with Crippen LogP contribution < -0.4 is 14.6 Å². The third-order valence-electron chi connectivity index (χ3n) is 9.21. The van der Waals surface area contributed by atoms with E-state index in [0.29, 0.717) is 11.5 Å². The Balaban J connectivity index is 0.000000387. The summed E-state index contributed by atoms with van der Waals surface area (Å²) in [5.41, 5.74) is 2.28. The molecule has 57 heavy (non-hydrogen) atoms. The van der Waals surface area contributed by atoms with E-state index in [9.17, 15) is 31.6 Å². The standard InChI is InChI=1S/2C22H30O5S.Ca/c2*1-2-3-4-5-6-7-8-9-11-18-12-10-13-20(14-18)27-21-15-19(23)16-22(17-21)28(24,25)26;/h2*10,12-17,23H,2-9,11H2,1H3,(H,24,25,26);/q;;+2/p-2. The number of unbranched alkanes of at least 4 members (excludes halogenated alkanes) is 14. The van der Waals surface area contributed by atoms with Crippen LogP contribution in [0.3, 0.4) is 0 Å². The minimum Gasteiger partial charge on any atom is -0.872 e. The minimum absolute atomic E-state index is 0. The fourth-order valence-electron chi connectivity index (χ4n) is 6.24. The van der Waals surface area contributed by atoms with Gasteiger partial charge in [-0.15, -0.1) is 5.75 Å². The summed E-state index contributed by atoms with van der Waals surface area (Å²) in [4.78, 5) is -0.984. The molecule has 10 nitrogen and oxygen atoms in total. The molecular formula is C44H58CaO10S2. The first kappa shape index (κ1) is 50.3. The van der Waals surface area contributed by atoms with Crippen LogP contribution in [0.4, 0.5) is 0 Å². The zero-order valence-corrected chi connectivity index (χ0v) is 37.3. The molecule has 0 aliphatic carbocycles. The van der Waals surface area contributed by atoms with Gasteiger partial charge in [-0.25, -0.2) is 8.42 Å². The molecule has 4 aromatic carbocycles. The van der Waals surface area contributed by atoms with E-state index in [4.69, 9.17) is 14.0 Å². The number of hydrogen-bond acceptors (Lipinski definition) is 9. The summed E-state index contributed by atoms with van der Waals surface area (Å²) in [5, 5.41) is 21.3. The molecule has 4 rings (SSSR count). The molecule has 13 heteroatoms. The molecular weight excluding hydrogens is 793 g/mol. The zero-order valence-electron chi connectivity index (χ0n) is 33.5. The van der Waals surface area contributed by atoms with Gasteiger partial charge in [0.25, 0.3) is 10.1 Å². The molecule has 0 aliphatic heterocycles. The van der Waals surface area contributed by atoms with Gasteiger partial charge in [0.2, 0.25) is 0 Å². The van der Waals surface area contributed by atoms with Gasteiger partial charge in [-0.2, -0.15) is 8.42 Å². The minimum atomic E-state index is -4.70. The van der Waals surface area contributed by atoms with Gasteiger partial charge in [0, 0.05) is 18.2 Å². The zero-order chi connectivity index (χ0) is 40.8. The number of hydrogen-bond donors (Lipinski definition) is 2. The summed E-state index contributed by atoms with van der Waals surface area (Å²) in [5.74, 6) is 0.395. The predicted molar refractivity (Wildman–Crippen MR) is 223 cm³/mol. The predicted octanol–water partition coefficient (Wildman–Crippen LogP) is 10.9. The first-order chi connectivity index (χ1) is 26.8. The molecule has 0 radical (unpaired) electrons. The van der Waals surface area contributed by atoms with E-state index in [1.54, 1.807) is 12.1 Å². The Morgan fingerprint density at radius 1 is 0.526 bits per heavy atom. The maximum atomic E-state index is 11.6. The Kier molecular flexibility index (Phi) is 23.8. The molecule has 0 amide bonds. The van der Waals surface area contributed by atoms with E-state index in [2.05, 4.69) is 13.8 Å². The van der Waals surface area contributed by atoms with Crippen molar-refractivity contribution in [2.24, 2.45) is 0 Å². The maximum absolute atomic E-state index is 11.6. The molecule has 0 saturated heterocycles. The van der Waals surface area contributed by atoms with Crippen molar-refractivity contribution in [2.45, 2.75) is 139 Å². The molecule has 308 valence electrons. The van der Waals surface area contributed by atoms with Crippen LogP contribution in [0.15, 0.2) is 94.7 Å². The first-order valence-corrected chi connectivity index (χ1v) is 22.7. The fraction of sp³-hybridized carbons (Fsp3) is 0.455. The number of phenolic OH excluding ortho intramolecular Hbond substituents is 1. The van der Waals surface area contributed by atoms with E-state index in [-0.39, 0.29) is 55.0 Å². The van der Waals surface area contributed by atoms with Crippen LogP contribution in [0.25, 0.3) is 0 Å². The molecule has 0 aromatic heterocycles. The van der Waals surface area contributed by atoms with Crippen LogP contribution >= 0.6 is 0 Å². The van der Waals surface area contributed by atoms with Gasteiger partial charge in [-0.1, -0.05) is 134 Å². The van der Waals surface area contributed by atoms with Crippen LogP contribution in [0.1, 0.15) is 128 Å². The largest absolute Gasteiger partial charge is 2.00 e. The Morgan fingerprint density at radius 2 is 0.947 bits per heavy atom. The maximum Gasteiger partial charge on any atom is 2.00 e. The van der Waals surface area contributed by atoms with E-state index >= 15 is 0 Å². The van der Waals surface area contributed by atoms with Crippen LogP contribution in [-0.4, -0.2) is 68.8 Å². The Labute approximate surface area is 370 Å². The van der Waals surface area contributed by atoms with Gasteiger partial charge in [0.05, 0.1) is 4.90 Å². The number of aryl methyl sites for hydroxylation is 2. The molecule has 0 saturated carbocycles. The van der Waals surface area contributed by atoms with Gasteiger partial charge in [0.1, 0.15) is 43.8 Å². The molecule has 0 atom stereocenters. The summed E-state index contributed by atoms with van der Waals surface area (Å²) in [6.07, 6.45) is 22.1.